The average molecular weight is 594 g/mol. The Labute approximate surface area is 246 Å². The molecule has 1 heterocycles. The van der Waals surface area contributed by atoms with Crippen molar-refractivity contribution >= 4 is 18.0 Å². The van der Waals surface area contributed by atoms with Gasteiger partial charge >= 0.3 is 18.0 Å². The van der Waals surface area contributed by atoms with Crippen molar-refractivity contribution in [3.05, 3.63) is 65.5 Å². The molecule has 0 aliphatic carbocycles. The molecule has 11 nitrogen and oxygen atoms in total. The average Bonchev–Trinajstić information content (AvgIpc) is 2.95. The molecular formula is C30H44FN3O8. The minimum Gasteiger partial charge on any atom is -0.493 e. The lowest BCUT2D eigenvalue weighted by molar-refractivity contribution is -0.165. The lowest BCUT2D eigenvalue weighted by Gasteiger charge is -2.37. The van der Waals surface area contributed by atoms with Crippen molar-refractivity contribution in [2.75, 3.05) is 26.7 Å². The van der Waals surface area contributed by atoms with Gasteiger partial charge in [-0.15, -0.1) is 0 Å². The van der Waals surface area contributed by atoms with E-state index in [-0.39, 0.29) is 25.3 Å². The number of carboxylic acids is 2. The van der Waals surface area contributed by atoms with E-state index in [0.29, 0.717) is 25.6 Å². The number of aliphatic carboxylic acids is 2. The maximum atomic E-state index is 13.3. The molecule has 0 saturated carbocycles. The van der Waals surface area contributed by atoms with Gasteiger partial charge in [-0.3, -0.25) is 0 Å². The molecule has 1 fully saturated rings. The van der Waals surface area contributed by atoms with E-state index in [2.05, 4.69) is 31.1 Å². The van der Waals surface area contributed by atoms with Crippen LogP contribution in [-0.2, 0) is 22.7 Å². The Morgan fingerprint density at radius 3 is 1.93 bits per heavy atom. The molecule has 1 aliphatic rings. The fraction of sp³-hybridized carbons (Fsp3) is 0.500. The lowest BCUT2D eigenvalue weighted by Crippen LogP contribution is -2.49. The highest BCUT2D eigenvalue weighted by atomic mass is 19.1. The van der Waals surface area contributed by atoms with Gasteiger partial charge in [0.05, 0.1) is 6.61 Å². The number of aliphatic hydroxyl groups is 2. The number of ether oxygens (including phenoxy) is 1. The van der Waals surface area contributed by atoms with Crippen LogP contribution < -0.4 is 10.1 Å². The maximum Gasteiger partial charge on any atom is 0.335 e. The molecular weight excluding hydrogens is 549 g/mol. The second-order valence-corrected chi connectivity index (χ2v) is 10.4. The largest absolute Gasteiger partial charge is 0.493 e. The fourth-order valence-corrected chi connectivity index (χ4v) is 3.98. The molecule has 5 N–H and O–H groups in total. The minimum absolute atomic E-state index is 0. The summed E-state index contributed by atoms with van der Waals surface area (Å²) in [7, 11) is 2.11. The summed E-state index contributed by atoms with van der Waals surface area (Å²) in [5.41, 5.74) is 1.96. The number of carbonyl (C=O) groups excluding carboxylic acids is 1. The molecule has 3 rings (SSSR count). The third kappa shape index (κ3) is 12.4. The van der Waals surface area contributed by atoms with Gasteiger partial charge in [0.2, 0.25) is 0 Å². The summed E-state index contributed by atoms with van der Waals surface area (Å²) in [5, 5.41) is 35.6. The summed E-state index contributed by atoms with van der Waals surface area (Å²) in [4.78, 5) is 36.8. The molecule has 42 heavy (non-hydrogen) atoms. The lowest BCUT2D eigenvalue weighted by atomic mass is 10.0. The van der Waals surface area contributed by atoms with Gasteiger partial charge in [-0.2, -0.15) is 0 Å². The minimum atomic E-state index is -2.27. The van der Waals surface area contributed by atoms with Gasteiger partial charge in [-0.25, -0.2) is 18.8 Å². The van der Waals surface area contributed by atoms with Crippen LogP contribution in [-0.4, -0.2) is 93.2 Å². The van der Waals surface area contributed by atoms with Gasteiger partial charge in [-0.05, 0) is 74.3 Å². The molecule has 2 aromatic carbocycles. The third-order valence-electron chi connectivity index (χ3n) is 6.41. The summed E-state index contributed by atoms with van der Waals surface area (Å²) in [6.07, 6.45) is -2.66. The molecule has 0 spiro atoms. The first-order valence-corrected chi connectivity index (χ1v) is 13.4. The van der Waals surface area contributed by atoms with Crippen molar-refractivity contribution in [2.45, 2.75) is 65.5 Å². The van der Waals surface area contributed by atoms with Gasteiger partial charge in [0, 0.05) is 19.1 Å². The first-order valence-electron chi connectivity index (χ1n) is 13.4. The van der Waals surface area contributed by atoms with Crippen LogP contribution in [0.25, 0.3) is 0 Å². The molecule has 0 radical (unpaired) electrons. The van der Waals surface area contributed by atoms with Gasteiger partial charge < -0.3 is 40.3 Å². The number of nitrogens with one attached hydrogen (secondary N) is 1. The summed E-state index contributed by atoms with van der Waals surface area (Å²) in [6.45, 7) is 7.78. The Balaban J connectivity index is 0.000000689. The molecule has 234 valence electrons. The van der Waals surface area contributed by atoms with Crippen LogP contribution in [0.4, 0.5) is 9.18 Å². The summed E-state index contributed by atoms with van der Waals surface area (Å²) >= 11 is 0. The Bertz CT molecular complexity index is 1090. The SMILES string of the molecule is C.CC(C)COc1ccc(CNC(=O)N(Cc2ccc(F)cc2)C2CCN(C)CC2)cc1.O=C(O)[C@H](O)[C@@H](O)C(=O)O. The molecule has 2 amide bonds. The molecule has 12 heteroatoms. The number of urea groups is 1. The predicted octanol–water partition coefficient (Wildman–Crippen LogP) is 3.18. The van der Waals surface area contributed by atoms with E-state index in [4.69, 9.17) is 25.2 Å². The second kappa shape index (κ2) is 17.9. The van der Waals surface area contributed by atoms with Crippen molar-refractivity contribution < 1.29 is 43.9 Å². The summed E-state index contributed by atoms with van der Waals surface area (Å²) in [6, 6.07) is 14.3. The van der Waals surface area contributed by atoms with Crippen LogP contribution >= 0.6 is 0 Å². The van der Waals surface area contributed by atoms with Crippen molar-refractivity contribution in [3.8, 4) is 5.75 Å². The number of piperidine rings is 1. The quantitative estimate of drug-likeness (QED) is 0.264. The highest BCUT2D eigenvalue weighted by molar-refractivity contribution is 5.83. The van der Waals surface area contributed by atoms with Crippen LogP contribution in [0.3, 0.4) is 0 Å². The number of benzene rings is 2. The number of nitrogens with zero attached hydrogens (tertiary/aromatic N) is 2. The van der Waals surface area contributed by atoms with Crippen LogP contribution in [0.5, 0.6) is 5.75 Å². The van der Waals surface area contributed by atoms with E-state index < -0.39 is 24.1 Å². The number of likely N-dealkylation sites (tertiary alicyclic amines) is 1. The van der Waals surface area contributed by atoms with Crippen molar-refractivity contribution in [1.82, 2.24) is 15.1 Å². The Morgan fingerprint density at radius 1 is 0.952 bits per heavy atom. The molecule has 1 saturated heterocycles. The van der Waals surface area contributed by atoms with Gasteiger partial charge in [0.25, 0.3) is 0 Å². The number of carbonyl (C=O) groups is 3. The predicted molar refractivity (Wildman–Crippen MR) is 155 cm³/mol. The number of amides is 2. The third-order valence-corrected chi connectivity index (χ3v) is 6.41. The highest BCUT2D eigenvalue weighted by Crippen LogP contribution is 2.19. The first kappa shape index (κ1) is 36.3. The smallest absolute Gasteiger partial charge is 0.335 e. The van der Waals surface area contributed by atoms with Crippen LogP contribution in [0.2, 0.25) is 0 Å². The van der Waals surface area contributed by atoms with Crippen molar-refractivity contribution in [3.63, 3.8) is 0 Å². The van der Waals surface area contributed by atoms with E-state index in [0.717, 1.165) is 42.8 Å². The van der Waals surface area contributed by atoms with Crippen LogP contribution in [0, 0.1) is 11.7 Å². The normalized spacial score (nSPS) is 14.9. The summed E-state index contributed by atoms with van der Waals surface area (Å²) < 4.78 is 19.0. The number of halogens is 1. The Kier molecular flexibility index (Phi) is 15.5. The maximum absolute atomic E-state index is 13.3. The van der Waals surface area contributed by atoms with Crippen molar-refractivity contribution in [2.24, 2.45) is 5.92 Å². The standard InChI is InChI=1S/C25H34FN3O2.C4H6O6.CH4/c1-19(2)18-31-24-10-6-20(7-11-24)16-27-25(30)29(23-12-14-28(3)15-13-23)17-21-4-8-22(26)9-5-21;5-1(3(7)8)2(6)4(9)10;/h4-11,19,23H,12-18H2,1-3H3,(H,27,30);1-2,5-6H,(H,7,8)(H,9,10);1H4/t;1-,2-;/m.1./s1. The van der Waals surface area contributed by atoms with Gasteiger partial charge in [0.1, 0.15) is 11.6 Å². The molecule has 0 bridgehead atoms. The van der Waals surface area contributed by atoms with Gasteiger partial charge in [0.15, 0.2) is 12.2 Å². The monoisotopic (exact) mass is 593 g/mol. The van der Waals surface area contributed by atoms with E-state index in [1.54, 1.807) is 12.1 Å². The number of rotatable bonds is 11. The zero-order valence-corrected chi connectivity index (χ0v) is 23.6. The number of hydrogen-bond donors (Lipinski definition) is 5. The van der Waals surface area contributed by atoms with Gasteiger partial charge in [-0.1, -0.05) is 45.5 Å². The highest BCUT2D eigenvalue weighted by Gasteiger charge is 2.29. The molecule has 2 atom stereocenters. The summed E-state index contributed by atoms with van der Waals surface area (Å²) in [5.74, 6) is -2.48. The molecule has 2 aromatic rings. The van der Waals surface area contributed by atoms with E-state index in [1.807, 2.05) is 29.2 Å². The Morgan fingerprint density at radius 2 is 1.45 bits per heavy atom. The number of carboxylic acid groups (broad SMARTS) is 2. The fourth-order valence-electron chi connectivity index (χ4n) is 3.98. The molecule has 0 unspecified atom stereocenters. The zero-order chi connectivity index (χ0) is 30.5. The van der Waals surface area contributed by atoms with E-state index >= 15 is 0 Å². The van der Waals surface area contributed by atoms with Crippen LogP contribution in [0.15, 0.2) is 48.5 Å². The number of aliphatic hydroxyl groups excluding tert-OH is 2. The van der Waals surface area contributed by atoms with E-state index in [1.165, 1.54) is 12.1 Å². The first-order chi connectivity index (χ1) is 19.4. The number of hydrogen-bond acceptors (Lipinski definition) is 7. The molecule has 0 aromatic heterocycles. The second-order valence-electron chi connectivity index (χ2n) is 10.4. The van der Waals surface area contributed by atoms with E-state index in [9.17, 15) is 18.8 Å². The molecule has 1 aliphatic heterocycles. The Hall–Kier alpha value is -3.74. The zero-order valence-electron chi connectivity index (χ0n) is 23.6. The van der Waals surface area contributed by atoms with Crippen molar-refractivity contribution in [1.29, 1.82) is 0 Å². The topological polar surface area (TPSA) is 160 Å². The van der Waals surface area contributed by atoms with Crippen LogP contribution in [0.1, 0.15) is 45.2 Å².